The number of morpholine rings is 1. The quantitative estimate of drug-likeness (QED) is 0.147. The molecule has 1 unspecified atom stereocenters. The largest absolute Gasteiger partial charge is 0.508 e. The van der Waals surface area contributed by atoms with E-state index in [9.17, 15) is 30.0 Å². The highest BCUT2D eigenvalue weighted by Crippen LogP contribution is 2.49. The molecule has 5 aliphatic rings. The zero-order valence-corrected chi connectivity index (χ0v) is 37.5. The summed E-state index contributed by atoms with van der Waals surface area (Å²) in [5.41, 5.74) is 7.75. The van der Waals surface area contributed by atoms with E-state index in [0.717, 1.165) is 32.1 Å². The number of aromatic nitrogens is 4. The number of carbonyl (C=O) groups excluding carboxylic acids is 2. The number of anilines is 2. The van der Waals surface area contributed by atoms with Gasteiger partial charge in [-0.3, -0.25) is 14.5 Å². The number of rotatable bonds is 8. The number of aliphatic hydroxyl groups is 2. The van der Waals surface area contributed by atoms with Crippen molar-refractivity contribution in [1.29, 1.82) is 0 Å². The third kappa shape index (κ3) is 8.24. The smallest absolute Gasteiger partial charge is 0.258 e. The van der Waals surface area contributed by atoms with Gasteiger partial charge in [0.05, 0.1) is 46.8 Å². The van der Waals surface area contributed by atoms with Crippen LogP contribution in [-0.4, -0.2) is 137 Å². The number of nitrogens with zero attached hydrogens (tertiary/aromatic N) is 8. The average Bonchev–Trinajstić information content (AvgIpc) is 4.03. The van der Waals surface area contributed by atoms with Crippen molar-refractivity contribution in [3.8, 4) is 22.9 Å². The van der Waals surface area contributed by atoms with Gasteiger partial charge in [-0.2, -0.15) is 0 Å². The molecule has 2 aromatic carbocycles. The Kier molecular flexibility index (Phi) is 11.2. The minimum atomic E-state index is -1.46. The number of hydrogen-bond donors (Lipinski definition) is 5. The Bertz CT molecular complexity index is 2640. The fourth-order valence-corrected chi connectivity index (χ4v) is 11.3. The highest BCUT2D eigenvalue weighted by Gasteiger charge is 2.53. The highest BCUT2D eigenvalue weighted by atomic mass is 32.1. The monoisotopic (exact) mass is 905 g/mol. The number of phenols is 2. The summed E-state index contributed by atoms with van der Waals surface area (Å²) < 4.78 is 13.0. The van der Waals surface area contributed by atoms with E-state index < -0.39 is 16.8 Å². The van der Waals surface area contributed by atoms with Gasteiger partial charge < -0.3 is 50.3 Å². The normalized spacial score (nSPS) is 22.0. The summed E-state index contributed by atoms with van der Waals surface area (Å²) in [5.74, 6) is 0.597. The predicted molar refractivity (Wildman–Crippen MR) is 242 cm³/mol. The molecule has 18 heteroatoms. The lowest BCUT2D eigenvalue weighted by Gasteiger charge is -2.44. The maximum atomic E-state index is 14.0. The van der Waals surface area contributed by atoms with E-state index >= 15 is 0 Å². The standard InChI is InChI=1S/C47H55N9O8S/c1-28(2)33-18-34(37(58)20-36(33)57)42(59)56-24-30-4-3-29(17-31(30)25-56)23-53-9-7-46(61,8-10-53)43(60)55-11-5-45(6-12-55)26-47(62,27-64-45)38-19-35-39(65-38)41(54-13-15-63-16-14-54)52-40(51-35)32-21-49-44(48)50-22-32/h3-4,17-22,28,57-58,61-62H,5-16,23-27H2,1-2H3,(H2,48,49,50). The van der Waals surface area contributed by atoms with Crippen molar-refractivity contribution in [3.63, 3.8) is 0 Å². The molecule has 6 N–H and O–H groups in total. The Morgan fingerprint density at radius 2 is 1.58 bits per heavy atom. The first-order chi connectivity index (χ1) is 31.2. The molecular weight excluding hydrogens is 851 g/mol. The molecule has 5 aliphatic heterocycles. The topological polar surface area (TPSA) is 224 Å². The van der Waals surface area contributed by atoms with Crippen molar-refractivity contribution in [2.45, 2.75) is 88.3 Å². The molecule has 4 fully saturated rings. The Morgan fingerprint density at radius 1 is 0.862 bits per heavy atom. The molecule has 4 saturated heterocycles. The van der Waals surface area contributed by atoms with E-state index in [2.05, 4.69) is 31.9 Å². The molecule has 17 nitrogen and oxygen atoms in total. The Morgan fingerprint density at radius 3 is 2.31 bits per heavy atom. The predicted octanol–water partition coefficient (Wildman–Crippen LogP) is 4.25. The maximum Gasteiger partial charge on any atom is 0.258 e. The lowest BCUT2D eigenvalue weighted by Crippen LogP contribution is -2.57. The first-order valence-corrected chi connectivity index (χ1v) is 23.3. The van der Waals surface area contributed by atoms with Crippen LogP contribution in [0.5, 0.6) is 11.5 Å². The fraction of sp³-hybridized carbons (Fsp3) is 0.489. The lowest BCUT2D eigenvalue weighted by molar-refractivity contribution is -0.160. The van der Waals surface area contributed by atoms with Gasteiger partial charge >= 0.3 is 0 Å². The Balaban J connectivity index is 0.748. The van der Waals surface area contributed by atoms with Gasteiger partial charge in [0.15, 0.2) is 11.6 Å². The highest BCUT2D eigenvalue weighted by molar-refractivity contribution is 7.19. The van der Waals surface area contributed by atoms with Crippen LogP contribution >= 0.6 is 11.3 Å². The van der Waals surface area contributed by atoms with Crippen LogP contribution in [0.1, 0.15) is 89.4 Å². The van der Waals surface area contributed by atoms with Gasteiger partial charge in [0.2, 0.25) is 5.95 Å². The summed E-state index contributed by atoms with van der Waals surface area (Å²) in [4.78, 5) is 54.3. The summed E-state index contributed by atoms with van der Waals surface area (Å²) in [5, 5.41) is 44.8. The zero-order chi connectivity index (χ0) is 45.3. The molecule has 0 saturated carbocycles. The third-order valence-electron chi connectivity index (χ3n) is 14.0. The van der Waals surface area contributed by atoms with Crippen molar-refractivity contribution < 1.29 is 39.5 Å². The van der Waals surface area contributed by atoms with E-state index in [-0.39, 0.29) is 47.3 Å². The number of ether oxygens (including phenoxy) is 2. The van der Waals surface area contributed by atoms with Crippen LogP contribution in [-0.2, 0) is 39.5 Å². The number of fused-ring (bicyclic) bond motifs is 2. The Labute approximate surface area is 380 Å². The molecule has 0 bridgehead atoms. The second-order valence-electron chi connectivity index (χ2n) is 18.8. The van der Waals surface area contributed by atoms with Crippen LogP contribution in [0.4, 0.5) is 11.8 Å². The van der Waals surface area contributed by atoms with Crippen LogP contribution in [0.2, 0.25) is 0 Å². The number of aromatic hydroxyl groups is 2. The average molecular weight is 906 g/mol. The minimum Gasteiger partial charge on any atom is -0.508 e. The summed E-state index contributed by atoms with van der Waals surface area (Å²) in [7, 11) is 0. The number of benzene rings is 2. The van der Waals surface area contributed by atoms with E-state index in [1.807, 2.05) is 26.0 Å². The molecule has 5 aromatic rings. The number of phenolic OH excluding ortho intramolecular Hbond substituents is 2. The lowest BCUT2D eigenvalue weighted by atomic mass is 9.82. The van der Waals surface area contributed by atoms with Crippen molar-refractivity contribution in [3.05, 3.63) is 81.5 Å². The number of nitrogen functional groups attached to an aromatic ring is 1. The van der Waals surface area contributed by atoms with Gasteiger partial charge in [-0.05, 0) is 66.0 Å². The van der Waals surface area contributed by atoms with Gasteiger partial charge in [0.25, 0.3) is 11.8 Å². The molecular formula is C47H55N9O8S. The summed E-state index contributed by atoms with van der Waals surface area (Å²) in [6.07, 6.45) is 5.33. The molecule has 10 rings (SSSR count). The van der Waals surface area contributed by atoms with Crippen LogP contribution in [0.3, 0.4) is 0 Å². The number of nitrogens with two attached hydrogens (primary N) is 1. The molecule has 0 radical (unpaired) electrons. The van der Waals surface area contributed by atoms with Crippen LogP contribution in [0.25, 0.3) is 21.6 Å². The van der Waals surface area contributed by atoms with Crippen LogP contribution in [0.15, 0.2) is 48.8 Å². The summed E-state index contributed by atoms with van der Waals surface area (Å²) in [6.45, 7) is 9.93. The van der Waals surface area contributed by atoms with Crippen molar-refractivity contribution in [2.75, 3.05) is 69.7 Å². The number of amides is 2. The first-order valence-electron chi connectivity index (χ1n) is 22.5. The summed E-state index contributed by atoms with van der Waals surface area (Å²) >= 11 is 1.48. The molecule has 3 aromatic heterocycles. The number of hydrogen-bond acceptors (Lipinski definition) is 16. The van der Waals surface area contributed by atoms with E-state index in [1.165, 1.54) is 17.4 Å². The molecule has 1 atom stereocenters. The molecule has 1 spiro atoms. The van der Waals surface area contributed by atoms with Gasteiger partial charge in [-0.15, -0.1) is 11.3 Å². The SMILES string of the molecule is CC(C)c1cc(C(=O)N2Cc3ccc(CN4CCC(O)(C(=O)N5CCC6(CC5)CC(O)(c5cc7nc(-c8cnc(N)nc8)nc(N8CCOCC8)c7s5)CO6)CC4)cc3C2)c(O)cc1O. The van der Waals surface area contributed by atoms with Crippen LogP contribution in [0, 0.1) is 0 Å². The second-order valence-corrected chi connectivity index (χ2v) is 19.8. The zero-order valence-electron chi connectivity index (χ0n) is 36.7. The number of piperidine rings is 2. The number of carbonyl (C=O) groups is 2. The number of thiophene rings is 1. The first kappa shape index (κ1) is 43.4. The molecule has 0 aliphatic carbocycles. The minimum absolute atomic E-state index is 0.0135. The van der Waals surface area contributed by atoms with Gasteiger partial charge in [0.1, 0.15) is 22.7 Å². The molecule has 2 amide bonds. The third-order valence-corrected chi connectivity index (χ3v) is 15.3. The molecule has 342 valence electrons. The van der Waals surface area contributed by atoms with Gasteiger partial charge in [0, 0.05) is 88.7 Å². The van der Waals surface area contributed by atoms with Crippen molar-refractivity contribution in [2.24, 2.45) is 0 Å². The molecule has 65 heavy (non-hydrogen) atoms. The molecule has 8 heterocycles. The van der Waals surface area contributed by atoms with E-state index in [4.69, 9.17) is 25.2 Å². The maximum absolute atomic E-state index is 14.0. The number of likely N-dealkylation sites (tertiary alicyclic amines) is 2. The van der Waals surface area contributed by atoms with E-state index in [1.54, 1.807) is 28.3 Å². The van der Waals surface area contributed by atoms with Crippen LogP contribution < -0.4 is 10.6 Å². The van der Waals surface area contributed by atoms with E-state index in [0.29, 0.717) is 127 Å². The van der Waals surface area contributed by atoms with Gasteiger partial charge in [-0.25, -0.2) is 19.9 Å². The van der Waals surface area contributed by atoms with Crippen molar-refractivity contribution in [1.82, 2.24) is 34.6 Å². The van der Waals surface area contributed by atoms with Gasteiger partial charge in [-0.1, -0.05) is 32.0 Å². The van der Waals surface area contributed by atoms with Crippen molar-refractivity contribution >= 4 is 45.1 Å². The summed E-state index contributed by atoms with van der Waals surface area (Å²) in [6, 6.07) is 11.0. The Hall–Kier alpha value is -5.50. The fourth-order valence-electron chi connectivity index (χ4n) is 10.2. The second kappa shape index (κ2) is 16.7.